The minimum absolute atomic E-state index is 0.104. The summed E-state index contributed by atoms with van der Waals surface area (Å²) >= 11 is 6.05. The lowest BCUT2D eigenvalue weighted by Gasteiger charge is -2.16. The number of rotatable bonds is 6. The summed E-state index contributed by atoms with van der Waals surface area (Å²) in [6.07, 6.45) is 1.54. The van der Waals surface area contributed by atoms with Crippen LogP contribution in [0.25, 0.3) is 0 Å². The molecular formula is C14H18ClN3O2. The molecule has 0 bridgehead atoms. The van der Waals surface area contributed by atoms with Crippen LogP contribution in [0.2, 0.25) is 5.02 Å². The monoisotopic (exact) mass is 295 g/mol. The molecule has 6 heteroatoms. The van der Waals surface area contributed by atoms with Crippen LogP contribution in [0.15, 0.2) is 36.9 Å². The van der Waals surface area contributed by atoms with Crippen LogP contribution in [0.4, 0.5) is 4.79 Å². The SMILES string of the molecule is C=CCNC(=O)NC(=O)CN(C)Cc1ccccc1Cl. The Morgan fingerprint density at radius 1 is 1.40 bits per heavy atom. The van der Waals surface area contributed by atoms with Crippen LogP contribution in [0.3, 0.4) is 0 Å². The van der Waals surface area contributed by atoms with Gasteiger partial charge in [-0.05, 0) is 18.7 Å². The number of imide groups is 1. The van der Waals surface area contributed by atoms with Gasteiger partial charge in [0.05, 0.1) is 6.54 Å². The Bertz CT molecular complexity index is 491. The lowest BCUT2D eigenvalue weighted by atomic mass is 10.2. The van der Waals surface area contributed by atoms with Gasteiger partial charge in [0.2, 0.25) is 5.91 Å². The van der Waals surface area contributed by atoms with Crippen molar-refractivity contribution in [3.05, 3.63) is 47.5 Å². The van der Waals surface area contributed by atoms with Crippen molar-refractivity contribution in [1.29, 1.82) is 0 Å². The predicted octanol–water partition coefficient (Wildman–Crippen LogP) is 1.78. The molecule has 20 heavy (non-hydrogen) atoms. The molecule has 0 aliphatic rings. The number of hydrogen-bond acceptors (Lipinski definition) is 3. The molecule has 0 aliphatic heterocycles. The first-order valence-corrected chi connectivity index (χ1v) is 6.51. The Kier molecular flexibility index (Phi) is 6.76. The Morgan fingerprint density at radius 2 is 2.10 bits per heavy atom. The molecule has 2 N–H and O–H groups in total. The number of halogens is 1. The topological polar surface area (TPSA) is 61.4 Å². The van der Waals surface area contributed by atoms with E-state index in [1.54, 1.807) is 18.0 Å². The van der Waals surface area contributed by atoms with Crippen LogP contribution in [0, 0.1) is 0 Å². The van der Waals surface area contributed by atoms with Crippen molar-refractivity contribution < 1.29 is 9.59 Å². The van der Waals surface area contributed by atoms with Crippen LogP contribution in [-0.2, 0) is 11.3 Å². The summed E-state index contributed by atoms with van der Waals surface area (Å²) in [5, 5.41) is 5.36. The van der Waals surface area contributed by atoms with Crippen molar-refractivity contribution >= 4 is 23.5 Å². The molecule has 0 saturated heterocycles. The number of nitrogens with zero attached hydrogens (tertiary/aromatic N) is 1. The number of carbonyl (C=O) groups is 2. The van der Waals surface area contributed by atoms with Crippen molar-refractivity contribution in [2.24, 2.45) is 0 Å². The second kappa shape index (κ2) is 8.35. The van der Waals surface area contributed by atoms with Crippen molar-refractivity contribution in [2.45, 2.75) is 6.54 Å². The molecule has 1 aromatic carbocycles. The summed E-state index contributed by atoms with van der Waals surface area (Å²) in [4.78, 5) is 24.7. The molecule has 108 valence electrons. The summed E-state index contributed by atoms with van der Waals surface area (Å²) in [5.41, 5.74) is 0.931. The van der Waals surface area contributed by atoms with Gasteiger partial charge in [-0.25, -0.2) is 4.79 Å². The van der Waals surface area contributed by atoms with Crippen LogP contribution < -0.4 is 10.6 Å². The third kappa shape index (κ3) is 5.86. The van der Waals surface area contributed by atoms with E-state index in [0.29, 0.717) is 18.1 Å². The van der Waals surface area contributed by atoms with E-state index in [1.807, 2.05) is 18.2 Å². The Balaban J connectivity index is 2.40. The maximum absolute atomic E-state index is 11.6. The second-order valence-electron chi connectivity index (χ2n) is 4.31. The minimum Gasteiger partial charge on any atom is -0.334 e. The molecule has 0 spiro atoms. The number of nitrogens with one attached hydrogen (secondary N) is 2. The number of hydrogen-bond donors (Lipinski definition) is 2. The maximum Gasteiger partial charge on any atom is 0.321 e. The molecule has 0 saturated carbocycles. The summed E-state index contributed by atoms with van der Waals surface area (Å²) in [5.74, 6) is -0.374. The van der Waals surface area contributed by atoms with Gasteiger partial charge in [-0.3, -0.25) is 15.0 Å². The van der Waals surface area contributed by atoms with E-state index in [1.165, 1.54) is 6.08 Å². The highest BCUT2D eigenvalue weighted by Crippen LogP contribution is 2.16. The molecule has 1 rings (SSSR count). The third-order valence-electron chi connectivity index (χ3n) is 2.47. The van der Waals surface area contributed by atoms with Gasteiger partial charge in [0, 0.05) is 18.1 Å². The molecule has 0 heterocycles. The highest BCUT2D eigenvalue weighted by molar-refractivity contribution is 6.31. The van der Waals surface area contributed by atoms with Crippen molar-refractivity contribution in [3.8, 4) is 0 Å². The number of likely N-dealkylation sites (N-methyl/N-ethyl adjacent to an activating group) is 1. The van der Waals surface area contributed by atoms with E-state index in [0.717, 1.165) is 5.56 Å². The standard InChI is InChI=1S/C14H18ClN3O2/c1-3-8-16-14(20)17-13(19)10-18(2)9-11-6-4-5-7-12(11)15/h3-7H,1,8-10H2,2H3,(H2,16,17,19,20). The third-order valence-corrected chi connectivity index (χ3v) is 2.84. The van der Waals surface area contributed by atoms with Gasteiger partial charge in [-0.15, -0.1) is 6.58 Å². The van der Waals surface area contributed by atoms with Crippen molar-refractivity contribution in [3.63, 3.8) is 0 Å². The summed E-state index contributed by atoms with van der Waals surface area (Å²) < 4.78 is 0. The van der Waals surface area contributed by atoms with E-state index in [9.17, 15) is 9.59 Å². The van der Waals surface area contributed by atoms with Crippen molar-refractivity contribution in [2.75, 3.05) is 20.1 Å². The van der Waals surface area contributed by atoms with Crippen LogP contribution >= 0.6 is 11.6 Å². The fourth-order valence-electron chi connectivity index (χ4n) is 1.59. The van der Waals surface area contributed by atoms with Gasteiger partial charge in [-0.2, -0.15) is 0 Å². The number of benzene rings is 1. The van der Waals surface area contributed by atoms with Crippen LogP contribution in [0.5, 0.6) is 0 Å². The highest BCUT2D eigenvalue weighted by Gasteiger charge is 2.11. The largest absolute Gasteiger partial charge is 0.334 e. The minimum atomic E-state index is -0.527. The average molecular weight is 296 g/mol. The van der Waals surface area contributed by atoms with E-state index < -0.39 is 6.03 Å². The molecule has 0 radical (unpaired) electrons. The van der Waals surface area contributed by atoms with Gasteiger partial charge in [0.25, 0.3) is 0 Å². The summed E-state index contributed by atoms with van der Waals surface area (Å²) in [6.45, 7) is 4.41. The fourth-order valence-corrected chi connectivity index (χ4v) is 1.79. The molecule has 0 fully saturated rings. The van der Waals surface area contributed by atoms with Gasteiger partial charge in [0.15, 0.2) is 0 Å². The molecule has 5 nitrogen and oxygen atoms in total. The lowest BCUT2D eigenvalue weighted by molar-refractivity contribution is -0.120. The fraction of sp³-hybridized carbons (Fsp3) is 0.286. The Hall–Kier alpha value is -1.85. The number of carbonyl (C=O) groups excluding carboxylic acids is 2. The Morgan fingerprint density at radius 3 is 2.75 bits per heavy atom. The molecule has 0 unspecified atom stereocenters. The molecule has 1 aromatic rings. The normalized spacial score (nSPS) is 10.2. The molecule has 0 aliphatic carbocycles. The molecule has 3 amide bonds. The zero-order valence-electron chi connectivity index (χ0n) is 11.4. The first-order valence-electron chi connectivity index (χ1n) is 6.13. The zero-order chi connectivity index (χ0) is 15.0. The average Bonchev–Trinajstić information content (AvgIpc) is 2.38. The zero-order valence-corrected chi connectivity index (χ0v) is 12.1. The van der Waals surface area contributed by atoms with E-state index in [4.69, 9.17) is 11.6 Å². The quantitative estimate of drug-likeness (QED) is 0.787. The first kappa shape index (κ1) is 16.2. The van der Waals surface area contributed by atoms with Gasteiger partial charge < -0.3 is 5.32 Å². The Labute approximate surface area is 123 Å². The summed E-state index contributed by atoms with van der Waals surface area (Å²) in [6, 6.07) is 6.91. The smallest absolute Gasteiger partial charge is 0.321 e. The van der Waals surface area contributed by atoms with E-state index in [2.05, 4.69) is 17.2 Å². The van der Waals surface area contributed by atoms with E-state index in [-0.39, 0.29) is 12.5 Å². The van der Waals surface area contributed by atoms with Gasteiger partial charge in [-0.1, -0.05) is 35.9 Å². The number of amides is 3. The predicted molar refractivity (Wildman–Crippen MR) is 79.5 cm³/mol. The second-order valence-corrected chi connectivity index (χ2v) is 4.72. The highest BCUT2D eigenvalue weighted by atomic mass is 35.5. The number of urea groups is 1. The lowest BCUT2D eigenvalue weighted by Crippen LogP contribution is -2.43. The molecule has 0 aromatic heterocycles. The van der Waals surface area contributed by atoms with Crippen LogP contribution in [-0.4, -0.2) is 37.0 Å². The van der Waals surface area contributed by atoms with Crippen molar-refractivity contribution in [1.82, 2.24) is 15.5 Å². The molecular weight excluding hydrogens is 278 g/mol. The van der Waals surface area contributed by atoms with Crippen LogP contribution in [0.1, 0.15) is 5.56 Å². The first-order chi connectivity index (χ1) is 9.52. The maximum atomic E-state index is 11.6. The van der Waals surface area contributed by atoms with Gasteiger partial charge in [0.1, 0.15) is 0 Å². The van der Waals surface area contributed by atoms with E-state index >= 15 is 0 Å². The molecule has 0 atom stereocenters. The summed E-state index contributed by atoms with van der Waals surface area (Å²) in [7, 11) is 1.78. The van der Waals surface area contributed by atoms with Gasteiger partial charge >= 0.3 is 6.03 Å².